The Bertz CT molecular complexity index is 269. The number of rotatable bonds is 0. The molecule has 2 unspecified atom stereocenters. The number of hydrogen-bond donors (Lipinski definition) is 1. The lowest BCUT2D eigenvalue weighted by Gasteiger charge is -2.07. The average molecular weight is 146 g/mol. The minimum atomic E-state index is -0.368. The molecule has 2 rings (SSSR count). The Labute approximate surface area is 66.0 Å². The van der Waals surface area contributed by atoms with Crippen molar-refractivity contribution in [3.05, 3.63) is 48.1 Å². The van der Waals surface area contributed by atoms with Gasteiger partial charge in [0.1, 0.15) is 0 Å². The fourth-order valence-electron chi connectivity index (χ4n) is 1.44. The summed E-state index contributed by atoms with van der Waals surface area (Å²) in [4.78, 5) is 0. The summed E-state index contributed by atoms with van der Waals surface area (Å²) in [5, 5.41) is 9.43. The van der Waals surface area contributed by atoms with E-state index in [0.717, 1.165) is 5.57 Å². The maximum atomic E-state index is 9.43. The molecule has 2 aliphatic carbocycles. The maximum absolute atomic E-state index is 9.43. The maximum Gasteiger partial charge on any atom is 0.0944 e. The summed E-state index contributed by atoms with van der Waals surface area (Å²) in [6.07, 6.45) is 13.5. The van der Waals surface area contributed by atoms with Crippen molar-refractivity contribution in [2.75, 3.05) is 0 Å². The van der Waals surface area contributed by atoms with Gasteiger partial charge in [-0.3, -0.25) is 0 Å². The smallest absolute Gasteiger partial charge is 0.0944 e. The molecule has 0 heterocycles. The van der Waals surface area contributed by atoms with Gasteiger partial charge in [-0.2, -0.15) is 0 Å². The number of hydrogen-bond acceptors (Lipinski definition) is 1. The van der Waals surface area contributed by atoms with E-state index >= 15 is 0 Å². The van der Waals surface area contributed by atoms with E-state index in [0.29, 0.717) is 5.92 Å². The molecule has 0 radical (unpaired) electrons. The number of aliphatic hydroxyl groups is 1. The molecule has 2 atom stereocenters. The third-order valence-corrected chi connectivity index (χ3v) is 2.06. The highest BCUT2D eigenvalue weighted by Gasteiger charge is 2.20. The highest BCUT2D eigenvalue weighted by Crippen LogP contribution is 2.27. The van der Waals surface area contributed by atoms with Crippen molar-refractivity contribution >= 4 is 0 Å². The van der Waals surface area contributed by atoms with Crippen molar-refractivity contribution in [2.45, 2.75) is 6.10 Å². The second-order valence-electron chi connectivity index (χ2n) is 2.79. The van der Waals surface area contributed by atoms with E-state index in [4.69, 9.17) is 0 Å². The van der Waals surface area contributed by atoms with Gasteiger partial charge in [0.25, 0.3) is 0 Å². The van der Waals surface area contributed by atoms with Gasteiger partial charge in [0, 0.05) is 5.92 Å². The molecule has 0 aromatic heterocycles. The number of aliphatic hydroxyl groups excluding tert-OH is 1. The third-order valence-electron chi connectivity index (χ3n) is 2.06. The Kier molecular flexibility index (Phi) is 1.51. The molecule has 0 aromatic rings. The first-order valence-corrected chi connectivity index (χ1v) is 3.79. The molecule has 0 aromatic carbocycles. The van der Waals surface area contributed by atoms with Crippen LogP contribution >= 0.6 is 0 Å². The van der Waals surface area contributed by atoms with Crippen molar-refractivity contribution in [1.82, 2.24) is 0 Å². The van der Waals surface area contributed by atoms with E-state index in [9.17, 15) is 5.11 Å². The van der Waals surface area contributed by atoms with Crippen LogP contribution in [0.4, 0.5) is 0 Å². The summed E-state index contributed by atoms with van der Waals surface area (Å²) in [5.41, 5.74) is 1.08. The quantitative estimate of drug-likeness (QED) is 0.514. The van der Waals surface area contributed by atoms with E-state index in [-0.39, 0.29) is 6.10 Å². The van der Waals surface area contributed by atoms with Crippen molar-refractivity contribution in [2.24, 2.45) is 5.92 Å². The molecule has 0 saturated carbocycles. The molecule has 0 spiro atoms. The van der Waals surface area contributed by atoms with Crippen LogP contribution in [0.5, 0.6) is 0 Å². The molecular weight excluding hydrogens is 136 g/mol. The fourth-order valence-corrected chi connectivity index (χ4v) is 1.44. The van der Waals surface area contributed by atoms with E-state index in [2.05, 4.69) is 6.08 Å². The minimum Gasteiger partial charge on any atom is -0.385 e. The van der Waals surface area contributed by atoms with Gasteiger partial charge < -0.3 is 5.11 Å². The topological polar surface area (TPSA) is 20.2 Å². The van der Waals surface area contributed by atoms with E-state index in [1.807, 2.05) is 36.5 Å². The van der Waals surface area contributed by atoms with Gasteiger partial charge in [0.2, 0.25) is 0 Å². The highest BCUT2D eigenvalue weighted by atomic mass is 16.3. The van der Waals surface area contributed by atoms with Crippen molar-refractivity contribution in [3.8, 4) is 0 Å². The Morgan fingerprint density at radius 2 is 1.91 bits per heavy atom. The Balaban J connectivity index is 2.36. The SMILES string of the molecule is OC1C=CC2C=CC=CC=C12. The standard InChI is InChI=1S/C10H10O/c11-10-7-6-8-4-2-1-3-5-9(8)10/h1-8,10-11H. The molecule has 0 saturated heterocycles. The normalized spacial score (nSPS) is 33.4. The zero-order valence-electron chi connectivity index (χ0n) is 6.14. The molecule has 1 nitrogen and oxygen atoms in total. The summed E-state index contributed by atoms with van der Waals surface area (Å²) in [7, 11) is 0. The van der Waals surface area contributed by atoms with Crippen LogP contribution < -0.4 is 0 Å². The molecule has 0 fully saturated rings. The largest absolute Gasteiger partial charge is 0.385 e. The zero-order valence-corrected chi connectivity index (χ0v) is 6.14. The van der Waals surface area contributed by atoms with Crippen LogP contribution in [-0.2, 0) is 0 Å². The first-order chi connectivity index (χ1) is 5.38. The van der Waals surface area contributed by atoms with Crippen molar-refractivity contribution < 1.29 is 5.11 Å². The van der Waals surface area contributed by atoms with Crippen LogP contribution in [0.2, 0.25) is 0 Å². The third kappa shape index (κ3) is 1.08. The number of fused-ring (bicyclic) bond motifs is 1. The van der Waals surface area contributed by atoms with Gasteiger partial charge >= 0.3 is 0 Å². The van der Waals surface area contributed by atoms with Gasteiger partial charge in [-0.1, -0.05) is 42.5 Å². The van der Waals surface area contributed by atoms with E-state index in [1.165, 1.54) is 0 Å². The van der Waals surface area contributed by atoms with Gasteiger partial charge in [0.15, 0.2) is 0 Å². The first-order valence-electron chi connectivity index (χ1n) is 3.79. The second-order valence-corrected chi connectivity index (χ2v) is 2.79. The van der Waals surface area contributed by atoms with Crippen LogP contribution in [0, 0.1) is 5.92 Å². The van der Waals surface area contributed by atoms with Gasteiger partial charge in [-0.05, 0) is 5.57 Å². The molecule has 56 valence electrons. The summed E-state index contributed by atoms with van der Waals surface area (Å²) in [6.45, 7) is 0. The predicted molar refractivity (Wildman–Crippen MR) is 45.0 cm³/mol. The van der Waals surface area contributed by atoms with Crippen LogP contribution in [0.25, 0.3) is 0 Å². The zero-order chi connectivity index (χ0) is 7.68. The van der Waals surface area contributed by atoms with Crippen molar-refractivity contribution in [3.63, 3.8) is 0 Å². The van der Waals surface area contributed by atoms with Crippen LogP contribution in [0.3, 0.4) is 0 Å². The minimum absolute atomic E-state index is 0.319. The van der Waals surface area contributed by atoms with Crippen LogP contribution in [-0.4, -0.2) is 11.2 Å². The fraction of sp³-hybridized carbons (Fsp3) is 0.200. The summed E-state index contributed by atoms with van der Waals surface area (Å²) in [6, 6.07) is 0. The Morgan fingerprint density at radius 1 is 1.00 bits per heavy atom. The summed E-state index contributed by atoms with van der Waals surface area (Å²) >= 11 is 0. The van der Waals surface area contributed by atoms with Crippen LogP contribution in [0.1, 0.15) is 0 Å². The number of allylic oxidation sites excluding steroid dienone is 6. The first kappa shape index (κ1) is 6.62. The average Bonchev–Trinajstić information content (AvgIpc) is 2.25. The lowest BCUT2D eigenvalue weighted by Crippen LogP contribution is -2.05. The molecule has 0 amide bonds. The van der Waals surface area contributed by atoms with Crippen LogP contribution in [0.15, 0.2) is 48.1 Å². The lowest BCUT2D eigenvalue weighted by atomic mass is 10.0. The second kappa shape index (κ2) is 2.51. The van der Waals surface area contributed by atoms with Gasteiger partial charge in [-0.15, -0.1) is 0 Å². The van der Waals surface area contributed by atoms with E-state index < -0.39 is 0 Å². The van der Waals surface area contributed by atoms with Crippen molar-refractivity contribution in [1.29, 1.82) is 0 Å². The monoisotopic (exact) mass is 146 g/mol. The Morgan fingerprint density at radius 3 is 2.82 bits per heavy atom. The highest BCUT2D eigenvalue weighted by molar-refractivity contribution is 5.38. The van der Waals surface area contributed by atoms with Gasteiger partial charge in [-0.25, -0.2) is 0 Å². The summed E-state index contributed by atoms with van der Waals surface area (Å²) < 4.78 is 0. The summed E-state index contributed by atoms with van der Waals surface area (Å²) in [5.74, 6) is 0.319. The molecule has 11 heavy (non-hydrogen) atoms. The lowest BCUT2D eigenvalue weighted by molar-refractivity contribution is 0.260. The molecule has 1 N–H and O–H groups in total. The molecule has 0 bridgehead atoms. The molecule has 2 aliphatic rings. The van der Waals surface area contributed by atoms with Gasteiger partial charge in [0.05, 0.1) is 6.10 Å². The molecular formula is C10H10O. The Hall–Kier alpha value is -1.08. The van der Waals surface area contributed by atoms with E-state index in [1.54, 1.807) is 0 Å². The molecule has 1 heteroatoms. The predicted octanol–water partition coefficient (Wildman–Crippen LogP) is 1.59. The molecule has 0 aliphatic heterocycles.